The molecule has 1 atom stereocenters. The Kier molecular flexibility index (Phi) is 7.39. The molecule has 3 rings (SSSR count). The number of carbonyl (C=O) groups is 1. The minimum Gasteiger partial charge on any atom is -0.394 e. The summed E-state index contributed by atoms with van der Waals surface area (Å²) in [5.41, 5.74) is 11.5. The fourth-order valence-corrected chi connectivity index (χ4v) is 5.92. The van der Waals surface area contributed by atoms with Crippen molar-refractivity contribution in [3.63, 3.8) is 0 Å². The van der Waals surface area contributed by atoms with Crippen LogP contribution in [0, 0.1) is 0 Å². The summed E-state index contributed by atoms with van der Waals surface area (Å²) >= 11 is 0. The van der Waals surface area contributed by atoms with Gasteiger partial charge in [-0.3, -0.25) is 4.79 Å². The molecule has 1 unspecified atom stereocenters. The molecule has 34 heavy (non-hydrogen) atoms. The van der Waals surface area contributed by atoms with Gasteiger partial charge in [-0.15, -0.1) is 10.2 Å². The number of sulfone groups is 1. The quantitative estimate of drug-likeness (QED) is 0.187. The number of nitrogens with one attached hydrogen (secondary N) is 2. The van der Waals surface area contributed by atoms with Crippen molar-refractivity contribution >= 4 is 31.5 Å². The number of anilines is 1. The maximum atomic E-state index is 12.8. The Morgan fingerprint density at radius 1 is 1.18 bits per heavy atom. The molecule has 1 heterocycles. The third kappa shape index (κ3) is 5.27. The summed E-state index contributed by atoms with van der Waals surface area (Å²) in [7, 11) is -8.76. The Morgan fingerprint density at radius 2 is 1.91 bits per heavy atom. The van der Waals surface area contributed by atoms with E-state index in [1.165, 1.54) is 12.1 Å². The van der Waals surface area contributed by atoms with Gasteiger partial charge in [0.05, 0.1) is 22.8 Å². The lowest BCUT2D eigenvalue weighted by Gasteiger charge is -2.17. The number of aliphatic hydroxyl groups is 1. The Hall–Kier alpha value is -3.28. The molecule has 0 aliphatic carbocycles. The van der Waals surface area contributed by atoms with Crippen molar-refractivity contribution in [2.75, 3.05) is 24.2 Å². The van der Waals surface area contributed by atoms with Crippen LogP contribution in [0.2, 0.25) is 0 Å². The largest absolute Gasteiger partial charge is 0.394 e. The normalized spacial score (nSPS) is 12.9. The Bertz CT molecular complexity index is 1410. The highest BCUT2D eigenvalue weighted by atomic mass is 32.2. The van der Waals surface area contributed by atoms with Gasteiger partial charge >= 0.3 is 0 Å². The number of tetrazole rings is 1. The van der Waals surface area contributed by atoms with E-state index in [-0.39, 0.29) is 29.2 Å². The van der Waals surface area contributed by atoms with Crippen LogP contribution >= 0.6 is 0 Å². The number of aliphatic hydroxyl groups excluding tert-OH is 1. The van der Waals surface area contributed by atoms with E-state index in [0.717, 1.165) is 6.07 Å². The molecule has 0 saturated heterocycles. The molecular formula is C18H22N8O6S2. The third-order valence-corrected chi connectivity index (χ3v) is 7.58. The maximum Gasteiger partial charge on any atom is 0.243 e. The number of benzene rings is 2. The summed E-state index contributed by atoms with van der Waals surface area (Å²) in [5.74, 6) is -1.39. The second-order valence-corrected chi connectivity index (χ2v) is 10.6. The number of nitrogens with zero attached hydrogens (tertiary/aromatic N) is 3. The minimum atomic E-state index is -4.62. The molecule has 182 valence electrons. The highest BCUT2D eigenvalue weighted by Crippen LogP contribution is 2.39. The maximum absolute atomic E-state index is 12.8. The first-order valence-corrected chi connectivity index (χ1v) is 12.8. The van der Waals surface area contributed by atoms with Crippen LogP contribution in [0.15, 0.2) is 46.2 Å². The van der Waals surface area contributed by atoms with Crippen molar-refractivity contribution in [3.05, 3.63) is 36.4 Å². The van der Waals surface area contributed by atoms with Gasteiger partial charge in [-0.2, -0.15) is 5.21 Å². The van der Waals surface area contributed by atoms with E-state index in [2.05, 4.69) is 25.9 Å². The first-order chi connectivity index (χ1) is 16.0. The lowest BCUT2D eigenvalue weighted by atomic mass is 9.98. The first kappa shape index (κ1) is 25.3. The van der Waals surface area contributed by atoms with E-state index in [0.29, 0.717) is 5.56 Å². The molecule has 1 aromatic heterocycles. The Balaban J connectivity index is 2.30. The van der Waals surface area contributed by atoms with Crippen LogP contribution in [0.3, 0.4) is 0 Å². The fraction of sp³-hybridized carbons (Fsp3) is 0.222. The SMILES string of the molecule is NCCS(=O)(=O)c1ccc(-c2cccc(NC(=O)C(N)CO)c2)c(-c2nn[nH]n2)c1S(N)(=O)=O. The molecular weight excluding hydrogens is 488 g/mol. The van der Waals surface area contributed by atoms with Crippen LogP contribution in [-0.4, -0.2) is 73.4 Å². The molecule has 0 aliphatic rings. The van der Waals surface area contributed by atoms with Gasteiger partial charge in [-0.05, 0) is 34.5 Å². The van der Waals surface area contributed by atoms with E-state index >= 15 is 0 Å². The van der Waals surface area contributed by atoms with Crippen LogP contribution in [0.1, 0.15) is 0 Å². The zero-order valence-corrected chi connectivity index (χ0v) is 19.2. The van der Waals surface area contributed by atoms with Crippen LogP contribution in [0.5, 0.6) is 0 Å². The number of hydrogen-bond acceptors (Lipinski definition) is 11. The highest BCUT2D eigenvalue weighted by molar-refractivity contribution is 7.93. The molecule has 0 bridgehead atoms. The van der Waals surface area contributed by atoms with Crippen LogP contribution in [0.25, 0.3) is 22.5 Å². The smallest absolute Gasteiger partial charge is 0.243 e. The van der Waals surface area contributed by atoms with Crippen molar-refractivity contribution < 1.29 is 26.7 Å². The Morgan fingerprint density at radius 3 is 2.50 bits per heavy atom. The van der Waals surface area contributed by atoms with Crippen molar-refractivity contribution in [2.45, 2.75) is 15.8 Å². The second kappa shape index (κ2) is 9.92. The molecule has 0 aliphatic heterocycles. The molecule has 9 N–H and O–H groups in total. The monoisotopic (exact) mass is 510 g/mol. The molecule has 14 nitrogen and oxygen atoms in total. The molecule has 0 saturated carbocycles. The van der Waals surface area contributed by atoms with E-state index in [1.54, 1.807) is 18.2 Å². The van der Waals surface area contributed by atoms with Gasteiger partial charge in [0.1, 0.15) is 10.9 Å². The summed E-state index contributed by atoms with van der Waals surface area (Å²) in [6, 6.07) is 7.50. The zero-order valence-electron chi connectivity index (χ0n) is 17.5. The van der Waals surface area contributed by atoms with E-state index in [4.69, 9.17) is 21.7 Å². The molecule has 0 spiro atoms. The number of amides is 1. The van der Waals surface area contributed by atoms with Gasteiger partial charge in [0.25, 0.3) is 0 Å². The summed E-state index contributed by atoms with van der Waals surface area (Å²) in [6.45, 7) is -0.812. The van der Waals surface area contributed by atoms with E-state index in [1.807, 2.05) is 0 Å². The lowest BCUT2D eigenvalue weighted by Crippen LogP contribution is -2.38. The predicted molar refractivity (Wildman–Crippen MR) is 121 cm³/mol. The first-order valence-electron chi connectivity index (χ1n) is 9.63. The van der Waals surface area contributed by atoms with Crippen molar-refractivity contribution in [2.24, 2.45) is 16.6 Å². The summed E-state index contributed by atoms with van der Waals surface area (Å²) in [4.78, 5) is 10.8. The van der Waals surface area contributed by atoms with Gasteiger partial charge in [-0.25, -0.2) is 22.0 Å². The number of sulfonamides is 1. The average Bonchev–Trinajstić information content (AvgIpc) is 3.31. The molecule has 16 heteroatoms. The number of aromatic nitrogens is 4. The number of carbonyl (C=O) groups excluding carboxylic acids is 1. The number of rotatable bonds is 9. The number of H-pyrrole nitrogens is 1. The third-order valence-electron chi connectivity index (χ3n) is 4.67. The van der Waals surface area contributed by atoms with Crippen molar-refractivity contribution in [3.8, 4) is 22.5 Å². The van der Waals surface area contributed by atoms with Crippen LogP contribution in [-0.2, 0) is 24.7 Å². The van der Waals surface area contributed by atoms with Crippen LogP contribution < -0.4 is 21.9 Å². The minimum absolute atomic E-state index is 0.194. The van der Waals surface area contributed by atoms with Crippen molar-refractivity contribution in [1.29, 1.82) is 0 Å². The van der Waals surface area contributed by atoms with E-state index < -0.39 is 54.0 Å². The zero-order chi connectivity index (χ0) is 25.1. The number of hydrogen-bond donors (Lipinski definition) is 6. The molecule has 0 fully saturated rings. The van der Waals surface area contributed by atoms with E-state index in [9.17, 15) is 21.6 Å². The number of aromatic amines is 1. The summed E-state index contributed by atoms with van der Waals surface area (Å²) in [6.07, 6.45) is 0. The van der Waals surface area contributed by atoms with Gasteiger partial charge < -0.3 is 21.9 Å². The number of nitrogens with two attached hydrogens (primary N) is 3. The molecule has 3 aromatic rings. The topological polar surface area (TPSA) is 250 Å². The highest BCUT2D eigenvalue weighted by Gasteiger charge is 2.31. The van der Waals surface area contributed by atoms with Gasteiger partial charge in [0, 0.05) is 12.2 Å². The second-order valence-electron chi connectivity index (χ2n) is 7.06. The van der Waals surface area contributed by atoms with Gasteiger partial charge in [0.2, 0.25) is 21.8 Å². The number of primary sulfonamides is 1. The molecule has 1 amide bonds. The molecule has 2 aromatic carbocycles. The van der Waals surface area contributed by atoms with Crippen LogP contribution in [0.4, 0.5) is 5.69 Å². The average molecular weight is 511 g/mol. The summed E-state index contributed by atoms with van der Waals surface area (Å²) in [5, 5.41) is 30.3. The Labute approximate surface area is 194 Å². The van der Waals surface area contributed by atoms with Crippen molar-refractivity contribution in [1.82, 2.24) is 20.6 Å². The standard InChI is InChI=1S/C18H22N8O6S2/c19-6-7-33(29,30)14-5-4-12(15(16(14)34(21,31)32)17-23-25-26-24-17)10-2-1-3-11(8-10)22-18(28)13(20)9-27/h1-5,8,13,27H,6-7,9,19-20H2,(H,22,28)(H2,21,31,32)(H,23,24,25,26). The lowest BCUT2D eigenvalue weighted by molar-refractivity contribution is -0.118. The predicted octanol–water partition coefficient (Wildman–Crippen LogP) is -1.83. The molecule has 0 radical (unpaired) electrons. The summed E-state index contributed by atoms with van der Waals surface area (Å²) < 4.78 is 50.8. The fourth-order valence-electron chi connectivity index (χ4n) is 3.17. The van der Waals surface area contributed by atoms with Gasteiger partial charge in [-0.1, -0.05) is 18.2 Å². The van der Waals surface area contributed by atoms with Gasteiger partial charge in [0.15, 0.2) is 9.84 Å².